The molecule has 6 aromatic heterocycles. The Balaban J connectivity index is -0.000000243. The van der Waals surface area contributed by atoms with Crippen LogP contribution in [-0.2, 0) is 112 Å². The summed E-state index contributed by atoms with van der Waals surface area (Å²) in [6.45, 7) is 38.2. The number of nitriles is 1. The largest absolute Gasteiger partial charge is 1.00 e. The average molecular weight is 1870 g/mol. The summed E-state index contributed by atoms with van der Waals surface area (Å²) >= 11 is 3.22. The Bertz CT molecular complexity index is 4950. The third kappa shape index (κ3) is 59.8. The van der Waals surface area contributed by atoms with E-state index in [9.17, 15) is 34.8 Å². The molecule has 1 unspecified atom stereocenters. The van der Waals surface area contributed by atoms with Crippen molar-refractivity contribution in [2.45, 2.75) is 69.2 Å². The quantitative estimate of drug-likeness (QED) is 0.00257. The van der Waals surface area contributed by atoms with E-state index in [-0.39, 0.29) is 69.6 Å². The van der Waals surface area contributed by atoms with Gasteiger partial charge in [-0.1, -0.05) is 184 Å². The molecule has 0 saturated heterocycles. The molecule has 121 heavy (non-hydrogen) atoms. The fraction of sp³-hybridized carbons (Fsp3) is 0.203. The Kier molecular flexibility index (Phi) is 85.0. The van der Waals surface area contributed by atoms with Crippen molar-refractivity contribution in [3.8, 4) is 17.4 Å². The number of para-hydroxylation sites is 4. The van der Waals surface area contributed by atoms with Crippen LogP contribution in [0.1, 0.15) is 90.0 Å². The van der Waals surface area contributed by atoms with Crippen LogP contribution in [0.15, 0.2) is 258 Å². The summed E-state index contributed by atoms with van der Waals surface area (Å²) < 4.78 is 94.6. The maximum absolute atomic E-state index is 12.5. The zero-order valence-electron chi connectivity index (χ0n) is 66.9. The molecule has 14 N–H and O–H groups in total. The van der Waals surface area contributed by atoms with Gasteiger partial charge < -0.3 is 56.6 Å². The number of nitrogens with two attached hydrogens (primary N) is 3. The average Bonchev–Trinajstić information content (AvgIpc) is 1.68. The van der Waals surface area contributed by atoms with Gasteiger partial charge in [0, 0.05) is 88.5 Å². The van der Waals surface area contributed by atoms with Gasteiger partial charge in [-0.15, -0.1) is 9.24 Å². The number of hydrazine groups is 2. The first-order valence-electron chi connectivity index (χ1n) is 33.8. The van der Waals surface area contributed by atoms with E-state index >= 15 is 0 Å². The minimum absolute atomic E-state index is 0. The molecule has 52 heteroatoms. The van der Waals surface area contributed by atoms with Gasteiger partial charge in [0.1, 0.15) is 23.7 Å². The first-order valence-corrected chi connectivity index (χ1v) is 38.9. The molecule has 0 saturated carbocycles. The number of rotatable bonds is 22. The number of nitroso groups, excluding NO2 is 1. The number of fused-ring (bicyclic) bond motifs is 2. The smallest absolute Gasteiger partial charge is 0.488 e. The number of azo groups is 1. The van der Waals surface area contributed by atoms with E-state index in [4.69, 9.17) is 66.8 Å². The zero-order valence-corrected chi connectivity index (χ0v) is 75.1. The minimum atomic E-state index is -5.23. The van der Waals surface area contributed by atoms with Crippen LogP contribution >= 0.6 is 11.6 Å². The van der Waals surface area contributed by atoms with Gasteiger partial charge in [-0.3, -0.25) is 24.3 Å². The van der Waals surface area contributed by atoms with Crippen LogP contribution in [0, 0.1) is 29.4 Å². The second kappa shape index (κ2) is 83.1. The van der Waals surface area contributed by atoms with Gasteiger partial charge in [-0.2, -0.15) is 52.7 Å². The number of halogens is 1. The van der Waals surface area contributed by atoms with E-state index in [0.717, 1.165) is 28.4 Å². The third-order valence-corrected chi connectivity index (χ3v) is 12.6. The number of nitrogens with one attached hydrogen (secondary N) is 4. The maximum atomic E-state index is 12.5. The predicted octanol–water partition coefficient (Wildman–Crippen LogP) is 10.8. The van der Waals surface area contributed by atoms with Crippen LogP contribution in [0.25, 0.3) is 37.9 Å². The fourth-order valence-corrected chi connectivity index (χ4v) is 7.92. The summed E-state index contributed by atoms with van der Waals surface area (Å²) in [7, 11) is -13.7. The van der Waals surface area contributed by atoms with Crippen LogP contribution in [0.4, 0.5) is 28.7 Å². The third-order valence-electron chi connectivity index (χ3n) is 10.8. The van der Waals surface area contributed by atoms with E-state index in [1.54, 1.807) is 81.4 Å². The number of allylic oxidation sites excluding steroid dienone is 1. The SMILES string of the molecule is C=CC#N.CC.CC.CC.CC.CC.NNc1ccccc1.N[N-]O.Nc1ccnn1-c1ccccc1.O=C(Cl)c1cnn2cccnc12.O=C(Nc1ccnn1-c1ccccc1)c1cnn2cccnc12.O=N/N=S(\O)OO.O=[S-](=O)OOS(=O)(=O)OOS(=O)(=O)OO.[C-]#[N+]CCN=Nc1ccccc1.[C-]#[N+]CCNNc1ccccc1.[Fe].[Fe].[Na+]. The molecule has 1 atom stereocenters. The van der Waals surface area contributed by atoms with Crippen molar-refractivity contribution >= 4 is 106 Å². The first kappa shape index (κ1) is 124. The van der Waals surface area contributed by atoms with Crippen molar-refractivity contribution in [3.05, 3.63) is 283 Å². The molecule has 0 aliphatic heterocycles. The van der Waals surface area contributed by atoms with Gasteiger partial charge in [0.2, 0.25) is 24.3 Å². The number of benzene rings is 5. The van der Waals surface area contributed by atoms with Crippen molar-refractivity contribution in [1.82, 2.24) is 54.2 Å². The number of anilines is 4. The number of nitrogens with zero attached hydrogens (tertiary/aromatic N) is 18. The molecule has 1 amide bonds. The summed E-state index contributed by atoms with van der Waals surface area (Å²) in [5.41, 5.74) is 22.5. The number of carbonyl (C=O) groups excluding carboxylic acids is 2. The molecular formula is C69H92ClFe2N25NaO19S4-. The van der Waals surface area contributed by atoms with Crippen molar-refractivity contribution in [1.29, 1.82) is 5.26 Å². The monoisotopic (exact) mass is 1870 g/mol. The topological polar surface area (TPSA) is 608 Å². The number of amides is 1. The van der Waals surface area contributed by atoms with Crippen LogP contribution in [0.5, 0.6) is 0 Å². The predicted molar refractivity (Wildman–Crippen MR) is 445 cm³/mol. The Morgan fingerprint density at radius 2 is 1.10 bits per heavy atom. The van der Waals surface area contributed by atoms with Crippen LogP contribution < -0.4 is 68.6 Å². The number of aromatic nitrogens is 10. The molecule has 0 fully saturated rings. The molecule has 5 aromatic carbocycles. The van der Waals surface area contributed by atoms with Crippen molar-refractivity contribution in [2.24, 2.45) is 31.7 Å². The van der Waals surface area contributed by atoms with Gasteiger partial charge in [0.25, 0.3) is 11.1 Å². The van der Waals surface area contributed by atoms with Crippen LogP contribution in [0.2, 0.25) is 0 Å². The van der Waals surface area contributed by atoms with E-state index in [1.165, 1.54) is 23.0 Å². The molecule has 11 rings (SSSR count). The van der Waals surface area contributed by atoms with Crippen LogP contribution in [0.3, 0.4) is 0 Å². The molecule has 656 valence electrons. The van der Waals surface area contributed by atoms with Crippen molar-refractivity contribution in [3.63, 3.8) is 0 Å². The fourth-order valence-electron chi connectivity index (χ4n) is 6.65. The van der Waals surface area contributed by atoms with Crippen molar-refractivity contribution in [2.75, 3.05) is 48.1 Å². The Morgan fingerprint density at radius 1 is 0.669 bits per heavy atom. The zero-order chi connectivity index (χ0) is 89.6. The second-order valence-corrected chi connectivity index (χ2v) is 21.7. The van der Waals surface area contributed by atoms with E-state index < -0.39 is 48.3 Å². The standard InChI is InChI=1S/C16H12N6O.C9H9N3.C9H11N3.C9H9N3.C7H4ClN3O.C6H8N2.C3H3N.5C2H6.2Fe.H2N2O4S.H3N2O.Na.HO12S3/c23-16(13-11-19-21-10-4-8-17-15(13)21)20-14-7-9-18-22(14)12-5-2-1-3-6-12;10-9-6-7-11-12(9)8-4-2-1-3-5-8;2*1-10-7-8-11-12-9-5-3-2-4-6-9;8-6(12)5-4-10-11-3-1-2-9-7(5)11;7-8-6-4-2-1-3-5-6;1-2-3-4;5*1-2;;;3-1-2-7(5)6-4;1-2-3;;1-8-14(4,5)11-12-15(6,7)10-9-13(2)3/h1-11H,(H,20,23);1-7H,10H2;2-6,11-12H,7-8H2;2-6H,7-8H2;1-4H;1-5,8H,7H2;2H,1H2;5*1-2H3;;;4H,(H,2,3,5);3H,1H2;;1H/q;;;;;;;;;;;;;;;-1;+1;-1. The molecule has 0 aliphatic rings. The molecule has 0 bridgehead atoms. The first-order chi connectivity index (χ1) is 57.1. The number of hydrogen-bond acceptors (Lipinski definition) is 34. The summed E-state index contributed by atoms with van der Waals surface area (Å²) in [5, 5.41) is 57.7. The van der Waals surface area contributed by atoms with Crippen molar-refractivity contribution < 1.29 is 145 Å². The molecule has 0 spiro atoms. The Labute approximate surface area is 753 Å². The Morgan fingerprint density at radius 3 is 1.50 bits per heavy atom. The minimum Gasteiger partial charge on any atom is -0.488 e. The second-order valence-electron chi connectivity index (χ2n) is 17.9. The molecule has 0 radical (unpaired) electrons. The van der Waals surface area contributed by atoms with E-state index in [1.807, 2.05) is 232 Å². The van der Waals surface area contributed by atoms with Gasteiger partial charge in [-0.05, 0) is 88.9 Å². The van der Waals surface area contributed by atoms with Gasteiger partial charge in [0.15, 0.2) is 11.3 Å². The van der Waals surface area contributed by atoms with E-state index in [0.29, 0.717) is 60.2 Å². The summed E-state index contributed by atoms with van der Waals surface area (Å²) in [4.78, 5) is 46.9. The Hall–Kier alpha value is -10.5. The van der Waals surface area contributed by atoms with Gasteiger partial charge >= 0.3 is 50.4 Å². The normalized spacial score (nSPS) is 9.48. The molecule has 6 heterocycles. The van der Waals surface area contributed by atoms with Gasteiger partial charge in [0.05, 0.1) is 76.3 Å². The summed E-state index contributed by atoms with van der Waals surface area (Å²) in [5.74, 6) is 10.1. The molecule has 0 aliphatic carbocycles. The van der Waals surface area contributed by atoms with Gasteiger partial charge in [-0.25, -0.2) is 57.4 Å². The molecular weight excluding hydrogens is 1780 g/mol. The van der Waals surface area contributed by atoms with E-state index in [2.05, 4.69) is 115 Å². The maximum Gasteiger partial charge on any atom is 1.00 e. The number of hydrogen-bond donors (Lipinski definition) is 11. The summed E-state index contributed by atoms with van der Waals surface area (Å²) in [6.07, 6.45) is 14.1. The number of nitrogen functional groups attached to an aromatic ring is 2. The summed E-state index contributed by atoms with van der Waals surface area (Å²) in [6, 6.07) is 57.0. The molecule has 11 aromatic rings. The van der Waals surface area contributed by atoms with Crippen LogP contribution in [-0.4, -0.2) is 123 Å². The number of carbonyl (C=O) groups is 2. The molecule has 44 nitrogen and oxygen atoms in total.